The van der Waals surface area contributed by atoms with Gasteiger partial charge in [-0.3, -0.25) is 4.79 Å². The smallest absolute Gasteiger partial charge is 0.255 e. The summed E-state index contributed by atoms with van der Waals surface area (Å²) in [5.74, 6) is -0.963. The summed E-state index contributed by atoms with van der Waals surface area (Å²) in [5, 5.41) is 11.9. The minimum absolute atomic E-state index is 0.327. The summed E-state index contributed by atoms with van der Waals surface area (Å²) in [7, 11) is 0. The molecule has 1 aromatic carbocycles. The highest BCUT2D eigenvalue weighted by Crippen LogP contribution is 2.21. The van der Waals surface area contributed by atoms with Crippen LogP contribution >= 0.6 is 22.6 Å². The second-order valence-corrected chi connectivity index (χ2v) is 4.69. The van der Waals surface area contributed by atoms with E-state index in [-0.39, 0.29) is 0 Å². The van der Waals surface area contributed by atoms with Crippen LogP contribution in [-0.4, -0.2) is 16.6 Å². The molecule has 0 atom stereocenters. The highest BCUT2D eigenvalue weighted by molar-refractivity contribution is 14.1. The van der Waals surface area contributed by atoms with E-state index in [9.17, 15) is 14.3 Å². The molecule has 1 rings (SSSR count). The van der Waals surface area contributed by atoms with Crippen LogP contribution in [0, 0.1) is 9.39 Å². The monoisotopic (exact) mass is 323 g/mol. The van der Waals surface area contributed by atoms with E-state index >= 15 is 0 Å². The molecule has 0 aromatic heterocycles. The van der Waals surface area contributed by atoms with Gasteiger partial charge >= 0.3 is 0 Å². The zero-order valence-corrected chi connectivity index (χ0v) is 10.5. The fourth-order valence-corrected chi connectivity index (χ4v) is 1.37. The lowest BCUT2D eigenvalue weighted by molar-refractivity contribution is -0.130. The number of halogens is 2. The zero-order chi connectivity index (χ0) is 11.6. The van der Waals surface area contributed by atoms with Crippen LogP contribution in [0.1, 0.15) is 13.8 Å². The van der Waals surface area contributed by atoms with Crippen molar-refractivity contribution in [1.82, 2.24) is 0 Å². The fraction of sp³-hybridized carbons (Fsp3) is 0.300. The molecule has 5 heteroatoms. The number of hydrogen-bond acceptors (Lipinski definition) is 2. The van der Waals surface area contributed by atoms with Gasteiger partial charge in [-0.25, -0.2) is 4.39 Å². The molecule has 3 nitrogen and oxygen atoms in total. The van der Waals surface area contributed by atoms with Gasteiger partial charge in [-0.2, -0.15) is 0 Å². The highest BCUT2D eigenvalue weighted by atomic mass is 127. The van der Waals surface area contributed by atoms with E-state index in [4.69, 9.17) is 0 Å². The SMILES string of the molecule is CC(C)(O)C(=O)Nc1cccc(F)c1I. The van der Waals surface area contributed by atoms with E-state index in [1.54, 1.807) is 28.7 Å². The molecule has 82 valence electrons. The van der Waals surface area contributed by atoms with Crippen molar-refractivity contribution in [2.45, 2.75) is 19.4 Å². The number of carbonyl (C=O) groups excluding carboxylic acids is 1. The minimum atomic E-state index is -1.48. The van der Waals surface area contributed by atoms with Gasteiger partial charge in [0.15, 0.2) is 0 Å². The summed E-state index contributed by atoms with van der Waals surface area (Å²) in [6.45, 7) is 2.74. The topological polar surface area (TPSA) is 49.3 Å². The molecule has 0 aliphatic heterocycles. The Morgan fingerprint density at radius 2 is 2.13 bits per heavy atom. The minimum Gasteiger partial charge on any atom is -0.381 e. The number of anilines is 1. The van der Waals surface area contributed by atoms with E-state index in [2.05, 4.69) is 5.32 Å². The van der Waals surface area contributed by atoms with Crippen LogP contribution in [0.4, 0.5) is 10.1 Å². The van der Waals surface area contributed by atoms with Crippen molar-refractivity contribution in [1.29, 1.82) is 0 Å². The van der Waals surface area contributed by atoms with E-state index in [0.717, 1.165) is 0 Å². The third-order valence-corrected chi connectivity index (χ3v) is 2.85. The molecule has 0 aliphatic rings. The number of carbonyl (C=O) groups is 1. The first-order valence-corrected chi connectivity index (χ1v) is 5.38. The van der Waals surface area contributed by atoms with Crippen molar-refractivity contribution in [2.24, 2.45) is 0 Å². The van der Waals surface area contributed by atoms with Gasteiger partial charge in [-0.1, -0.05) is 6.07 Å². The molecule has 0 radical (unpaired) electrons. The molecule has 0 unspecified atom stereocenters. The molecule has 15 heavy (non-hydrogen) atoms. The van der Waals surface area contributed by atoms with Gasteiger partial charge in [0.25, 0.3) is 5.91 Å². The Labute approximate surface area is 101 Å². The van der Waals surface area contributed by atoms with Crippen LogP contribution in [0.3, 0.4) is 0 Å². The number of nitrogens with one attached hydrogen (secondary N) is 1. The molecule has 0 fully saturated rings. The number of hydrogen-bond donors (Lipinski definition) is 2. The first kappa shape index (κ1) is 12.4. The molecular weight excluding hydrogens is 312 g/mol. The number of amides is 1. The summed E-state index contributed by atoms with van der Waals surface area (Å²) >= 11 is 1.80. The highest BCUT2D eigenvalue weighted by Gasteiger charge is 2.24. The summed E-state index contributed by atoms with van der Waals surface area (Å²) in [5.41, 5.74) is -1.11. The maximum Gasteiger partial charge on any atom is 0.255 e. The molecule has 0 saturated heterocycles. The number of aliphatic hydroxyl groups is 1. The van der Waals surface area contributed by atoms with Crippen LogP contribution in [0.25, 0.3) is 0 Å². The zero-order valence-electron chi connectivity index (χ0n) is 8.34. The molecule has 1 aromatic rings. The molecule has 0 aliphatic carbocycles. The van der Waals surface area contributed by atoms with Crippen molar-refractivity contribution < 1.29 is 14.3 Å². The lowest BCUT2D eigenvalue weighted by atomic mass is 10.1. The van der Waals surface area contributed by atoms with Gasteiger partial charge in [0.2, 0.25) is 0 Å². The van der Waals surface area contributed by atoms with Crippen molar-refractivity contribution in [2.75, 3.05) is 5.32 Å². The number of rotatable bonds is 2. The Kier molecular flexibility index (Phi) is 3.67. The lowest BCUT2D eigenvalue weighted by Crippen LogP contribution is -2.36. The predicted octanol–water partition coefficient (Wildman–Crippen LogP) is 2.14. The normalized spacial score (nSPS) is 11.3. The quantitative estimate of drug-likeness (QED) is 0.820. The number of benzene rings is 1. The Balaban J connectivity index is 2.91. The van der Waals surface area contributed by atoms with Gasteiger partial charge in [0.1, 0.15) is 11.4 Å². The Hall–Kier alpha value is -0.690. The van der Waals surface area contributed by atoms with Gasteiger partial charge in [-0.05, 0) is 48.6 Å². The van der Waals surface area contributed by atoms with E-state index in [1.165, 1.54) is 26.0 Å². The Morgan fingerprint density at radius 1 is 1.53 bits per heavy atom. The van der Waals surface area contributed by atoms with Gasteiger partial charge in [0.05, 0.1) is 9.26 Å². The fourth-order valence-electron chi connectivity index (χ4n) is 0.876. The van der Waals surface area contributed by atoms with Gasteiger partial charge in [-0.15, -0.1) is 0 Å². The van der Waals surface area contributed by atoms with E-state index in [0.29, 0.717) is 9.26 Å². The largest absolute Gasteiger partial charge is 0.381 e. The lowest BCUT2D eigenvalue weighted by Gasteiger charge is -2.17. The second kappa shape index (κ2) is 4.44. The Morgan fingerprint density at radius 3 is 2.67 bits per heavy atom. The summed E-state index contributed by atoms with van der Waals surface area (Å²) < 4.78 is 13.4. The Bertz CT molecular complexity index is 387. The molecule has 0 spiro atoms. The van der Waals surface area contributed by atoms with Crippen molar-refractivity contribution >= 4 is 34.2 Å². The van der Waals surface area contributed by atoms with Crippen LogP contribution in [0.5, 0.6) is 0 Å². The van der Waals surface area contributed by atoms with Crippen LogP contribution in [0.15, 0.2) is 18.2 Å². The third-order valence-electron chi connectivity index (χ3n) is 1.76. The predicted molar refractivity (Wildman–Crippen MR) is 64.0 cm³/mol. The first-order chi connectivity index (χ1) is 6.82. The van der Waals surface area contributed by atoms with Crippen LogP contribution in [0.2, 0.25) is 0 Å². The van der Waals surface area contributed by atoms with E-state index < -0.39 is 17.3 Å². The van der Waals surface area contributed by atoms with Gasteiger partial charge < -0.3 is 10.4 Å². The third kappa shape index (κ3) is 3.13. The summed E-state index contributed by atoms with van der Waals surface area (Å²) in [6.07, 6.45) is 0. The molecular formula is C10H11FINO2. The molecule has 0 saturated carbocycles. The van der Waals surface area contributed by atoms with Crippen molar-refractivity contribution in [3.05, 3.63) is 27.6 Å². The van der Waals surface area contributed by atoms with Crippen molar-refractivity contribution in [3.63, 3.8) is 0 Å². The maximum absolute atomic E-state index is 13.1. The average Bonchev–Trinajstić information content (AvgIpc) is 2.11. The average molecular weight is 323 g/mol. The standard InChI is InChI=1S/C10H11FINO2/c1-10(2,15)9(14)13-7-5-3-4-6(11)8(7)12/h3-5,15H,1-2H3,(H,13,14). The van der Waals surface area contributed by atoms with Crippen LogP contribution < -0.4 is 5.32 Å². The summed E-state index contributed by atoms with van der Waals surface area (Å²) in [6, 6.07) is 4.38. The molecule has 1 amide bonds. The van der Waals surface area contributed by atoms with E-state index in [1.807, 2.05) is 0 Å². The summed E-state index contributed by atoms with van der Waals surface area (Å²) in [4.78, 5) is 11.4. The van der Waals surface area contributed by atoms with Gasteiger partial charge in [0, 0.05) is 0 Å². The second-order valence-electron chi connectivity index (χ2n) is 3.61. The van der Waals surface area contributed by atoms with Crippen LogP contribution in [-0.2, 0) is 4.79 Å². The van der Waals surface area contributed by atoms with Crippen molar-refractivity contribution in [3.8, 4) is 0 Å². The molecule has 0 bridgehead atoms. The molecule has 2 N–H and O–H groups in total. The molecule has 0 heterocycles. The first-order valence-electron chi connectivity index (χ1n) is 4.30. The maximum atomic E-state index is 13.1.